The molecule has 0 aliphatic carbocycles. The van der Waals surface area contributed by atoms with Gasteiger partial charge in [-0.2, -0.15) is 0 Å². The number of rotatable bonds is 41. The van der Waals surface area contributed by atoms with Gasteiger partial charge in [0.15, 0.2) is 0 Å². The Balaban J connectivity index is 4.72. The summed E-state index contributed by atoms with van der Waals surface area (Å²) in [4.78, 5) is 25.9. The average Bonchev–Trinajstić information content (AvgIpc) is 3.18. The summed E-state index contributed by atoms with van der Waals surface area (Å²) in [5, 5.41) is 23.6. The molecule has 0 radical (unpaired) electrons. The number of ether oxygens (including phenoxy) is 1. The van der Waals surface area contributed by atoms with Crippen molar-refractivity contribution in [1.82, 2.24) is 5.32 Å². The van der Waals surface area contributed by atoms with Crippen LogP contribution in [0.15, 0.2) is 48.6 Å². The first-order valence-corrected chi connectivity index (χ1v) is 23.4. The predicted octanol–water partition coefficient (Wildman–Crippen LogP) is 13.5. The van der Waals surface area contributed by atoms with Crippen molar-refractivity contribution in [2.75, 3.05) is 6.61 Å². The zero-order valence-corrected chi connectivity index (χ0v) is 36.3. The van der Waals surface area contributed by atoms with Gasteiger partial charge in [-0.25, -0.2) is 0 Å². The fraction of sp³-hybridized carbons (Fsp3) is 0.796. The molecule has 3 N–H and O–H groups in total. The summed E-state index contributed by atoms with van der Waals surface area (Å²) in [6.07, 6.45) is 50.4. The van der Waals surface area contributed by atoms with E-state index in [1.807, 2.05) is 12.2 Å². The number of nitrogens with one attached hydrogen (secondary N) is 1. The number of hydrogen-bond acceptors (Lipinski definition) is 5. The molecule has 55 heavy (non-hydrogen) atoms. The van der Waals surface area contributed by atoms with Gasteiger partial charge in [-0.3, -0.25) is 9.59 Å². The van der Waals surface area contributed by atoms with Crippen LogP contribution in [0.1, 0.15) is 226 Å². The minimum atomic E-state index is -0.807. The van der Waals surface area contributed by atoms with Gasteiger partial charge in [-0.05, 0) is 44.9 Å². The van der Waals surface area contributed by atoms with E-state index in [9.17, 15) is 19.8 Å². The Morgan fingerprint density at radius 1 is 0.545 bits per heavy atom. The fourth-order valence-corrected chi connectivity index (χ4v) is 6.82. The van der Waals surface area contributed by atoms with Crippen LogP contribution in [0.25, 0.3) is 0 Å². The number of unbranched alkanes of at least 4 members (excludes halogenated alkanes) is 22. The van der Waals surface area contributed by atoms with E-state index < -0.39 is 18.2 Å². The normalized spacial score (nSPS) is 13.8. The van der Waals surface area contributed by atoms with Crippen molar-refractivity contribution in [2.24, 2.45) is 0 Å². The molecule has 0 aromatic heterocycles. The SMILES string of the molecule is CCCCC/C=C\C/C=C\C/C=C\C/C=C\CC(CC(=O)NC(CO)C(O)CCCCCCCCCCCCCC)OC(=O)CCCCCCCCCCC. The van der Waals surface area contributed by atoms with Crippen LogP contribution in [0.2, 0.25) is 0 Å². The van der Waals surface area contributed by atoms with Crippen LogP contribution in [0.3, 0.4) is 0 Å². The number of aliphatic hydroxyl groups excluding tert-OH is 2. The van der Waals surface area contributed by atoms with Crippen molar-refractivity contribution in [2.45, 2.75) is 244 Å². The minimum absolute atomic E-state index is 0.00332. The van der Waals surface area contributed by atoms with Crippen molar-refractivity contribution in [3.8, 4) is 0 Å². The van der Waals surface area contributed by atoms with E-state index in [0.29, 0.717) is 19.3 Å². The second kappa shape index (κ2) is 43.0. The molecule has 0 saturated carbocycles. The molecule has 0 heterocycles. The zero-order chi connectivity index (χ0) is 40.3. The first kappa shape index (κ1) is 52.8. The summed E-state index contributed by atoms with van der Waals surface area (Å²) in [6, 6.07) is -0.727. The molecule has 320 valence electrons. The molecule has 0 spiro atoms. The highest BCUT2D eigenvalue weighted by Crippen LogP contribution is 2.16. The van der Waals surface area contributed by atoms with Crippen LogP contribution in [-0.2, 0) is 14.3 Å². The smallest absolute Gasteiger partial charge is 0.306 e. The van der Waals surface area contributed by atoms with Crippen molar-refractivity contribution in [1.29, 1.82) is 0 Å². The Kier molecular flexibility index (Phi) is 41.2. The van der Waals surface area contributed by atoms with Crippen molar-refractivity contribution >= 4 is 11.9 Å². The van der Waals surface area contributed by atoms with E-state index in [0.717, 1.165) is 57.8 Å². The number of allylic oxidation sites excluding steroid dienone is 7. The predicted molar refractivity (Wildman–Crippen MR) is 236 cm³/mol. The van der Waals surface area contributed by atoms with Gasteiger partial charge in [0.25, 0.3) is 0 Å². The summed E-state index contributed by atoms with van der Waals surface area (Å²) in [5.74, 6) is -0.577. The summed E-state index contributed by atoms with van der Waals surface area (Å²) < 4.78 is 5.83. The zero-order valence-electron chi connectivity index (χ0n) is 36.3. The summed E-state index contributed by atoms with van der Waals surface area (Å²) >= 11 is 0. The van der Waals surface area contributed by atoms with Crippen molar-refractivity contribution in [3.63, 3.8) is 0 Å². The summed E-state index contributed by atoms with van der Waals surface area (Å²) in [5.41, 5.74) is 0. The lowest BCUT2D eigenvalue weighted by Crippen LogP contribution is -2.46. The number of carbonyl (C=O) groups is 2. The molecule has 6 nitrogen and oxygen atoms in total. The van der Waals surface area contributed by atoms with E-state index in [1.165, 1.54) is 122 Å². The molecule has 0 saturated heterocycles. The van der Waals surface area contributed by atoms with Gasteiger partial charge in [0.2, 0.25) is 5.91 Å². The van der Waals surface area contributed by atoms with Crippen LogP contribution >= 0.6 is 0 Å². The maximum absolute atomic E-state index is 13.1. The van der Waals surface area contributed by atoms with Gasteiger partial charge >= 0.3 is 5.97 Å². The average molecular weight is 772 g/mol. The second-order valence-electron chi connectivity index (χ2n) is 15.8. The van der Waals surface area contributed by atoms with Crippen LogP contribution < -0.4 is 5.32 Å². The minimum Gasteiger partial charge on any atom is -0.461 e. The number of carbonyl (C=O) groups excluding carboxylic acids is 2. The molecule has 0 aliphatic heterocycles. The summed E-state index contributed by atoms with van der Waals surface area (Å²) in [7, 11) is 0. The van der Waals surface area contributed by atoms with Gasteiger partial charge in [0.05, 0.1) is 25.2 Å². The molecular weight excluding hydrogens is 683 g/mol. The highest BCUT2D eigenvalue weighted by atomic mass is 16.5. The van der Waals surface area contributed by atoms with Crippen LogP contribution in [0.5, 0.6) is 0 Å². The maximum Gasteiger partial charge on any atom is 0.306 e. The molecule has 0 aromatic carbocycles. The van der Waals surface area contributed by atoms with Gasteiger partial charge in [0.1, 0.15) is 6.10 Å². The molecule has 0 aliphatic rings. The lowest BCUT2D eigenvalue weighted by atomic mass is 10.0. The van der Waals surface area contributed by atoms with E-state index in [-0.39, 0.29) is 24.9 Å². The maximum atomic E-state index is 13.1. The molecule has 0 aromatic rings. The monoisotopic (exact) mass is 772 g/mol. The third-order valence-corrected chi connectivity index (χ3v) is 10.4. The molecule has 3 atom stereocenters. The Morgan fingerprint density at radius 3 is 1.45 bits per heavy atom. The molecule has 1 amide bonds. The first-order chi connectivity index (χ1) is 27.0. The van der Waals surface area contributed by atoms with Crippen molar-refractivity contribution in [3.05, 3.63) is 48.6 Å². The number of amides is 1. The Hall–Kier alpha value is -2.18. The van der Waals surface area contributed by atoms with Gasteiger partial charge < -0.3 is 20.3 Å². The largest absolute Gasteiger partial charge is 0.461 e. The Bertz CT molecular complexity index is 957. The highest BCUT2D eigenvalue weighted by molar-refractivity contribution is 5.77. The van der Waals surface area contributed by atoms with Gasteiger partial charge in [-0.1, -0.05) is 211 Å². The highest BCUT2D eigenvalue weighted by Gasteiger charge is 2.23. The fourth-order valence-electron chi connectivity index (χ4n) is 6.82. The number of aliphatic hydroxyl groups is 2. The van der Waals surface area contributed by atoms with Gasteiger partial charge in [0, 0.05) is 12.8 Å². The molecule has 0 fully saturated rings. The van der Waals surface area contributed by atoms with Crippen LogP contribution in [0.4, 0.5) is 0 Å². The number of hydrogen-bond donors (Lipinski definition) is 3. The van der Waals surface area contributed by atoms with E-state index >= 15 is 0 Å². The van der Waals surface area contributed by atoms with Crippen LogP contribution in [0, 0.1) is 0 Å². The summed E-state index contributed by atoms with van der Waals surface area (Å²) in [6.45, 7) is 6.39. The Morgan fingerprint density at radius 2 is 0.964 bits per heavy atom. The lowest BCUT2D eigenvalue weighted by molar-refractivity contribution is -0.150. The topological polar surface area (TPSA) is 95.9 Å². The van der Waals surface area contributed by atoms with E-state index in [4.69, 9.17) is 4.74 Å². The first-order valence-electron chi connectivity index (χ1n) is 23.4. The second-order valence-corrected chi connectivity index (χ2v) is 15.8. The molecule has 3 unspecified atom stereocenters. The Labute approximate surface area is 340 Å². The van der Waals surface area contributed by atoms with Gasteiger partial charge in [-0.15, -0.1) is 0 Å². The van der Waals surface area contributed by atoms with Crippen LogP contribution in [-0.4, -0.2) is 46.9 Å². The molecule has 0 rings (SSSR count). The standard InChI is InChI=1S/C49H89NO5/c1-4-7-10-13-16-19-21-23-24-25-26-29-31-34-37-40-45(55-49(54)42-39-36-33-28-18-15-12-9-6-3)43-48(53)50-46(44-51)47(52)41-38-35-32-30-27-22-20-17-14-11-8-5-2/h16,19,23-24,26,29,34,37,45-47,51-52H,4-15,17-18,20-22,25,27-28,30-33,35-36,38-44H2,1-3H3,(H,50,53)/b19-16-,24-23-,29-26-,37-34-. The molecule has 0 bridgehead atoms. The quantitative estimate of drug-likeness (QED) is 0.0327. The molecular formula is C49H89NO5. The third kappa shape index (κ3) is 38.5. The molecule has 6 heteroatoms. The van der Waals surface area contributed by atoms with E-state index in [2.05, 4.69) is 62.5 Å². The third-order valence-electron chi connectivity index (χ3n) is 10.4. The van der Waals surface area contributed by atoms with E-state index in [1.54, 1.807) is 0 Å². The van der Waals surface area contributed by atoms with Crippen molar-refractivity contribution < 1.29 is 24.5 Å². The number of esters is 1. The lowest BCUT2D eigenvalue weighted by Gasteiger charge is -2.24.